The molecule has 2 aromatic carbocycles. The second kappa shape index (κ2) is 10.9. The number of aryl methyl sites for hydroxylation is 1. The van der Waals surface area contributed by atoms with E-state index in [2.05, 4.69) is 5.32 Å². The van der Waals surface area contributed by atoms with Crippen LogP contribution in [-0.4, -0.2) is 50.8 Å². The molecule has 0 heterocycles. The van der Waals surface area contributed by atoms with Crippen LogP contribution in [0.5, 0.6) is 5.75 Å². The average Bonchev–Trinajstić information content (AvgIpc) is 2.65. The number of hydrogen-bond donors (Lipinski definition) is 1. The fraction of sp³-hybridized carbons (Fsp3) is 0.381. The Morgan fingerprint density at radius 2 is 1.78 bits per heavy atom. The first-order valence-electron chi connectivity index (χ1n) is 8.95. The van der Waals surface area contributed by atoms with Gasteiger partial charge < -0.3 is 14.8 Å². The van der Waals surface area contributed by atoms with Crippen molar-refractivity contribution in [3.63, 3.8) is 0 Å². The molecule has 5 nitrogen and oxygen atoms in total. The van der Waals surface area contributed by atoms with Crippen LogP contribution in [0.4, 0.5) is 5.69 Å². The summed E-state index contributed by atoms with van der Waals surface area (Å²) in [5.74, 6) is 0.706. The van der Waals surface area contributed by atoms with Gasteiger partial charge in [-0.05, 0) is 55.3 Å². The number of methoxy groups -OCH3 is 1. The third kappa shape index (κ3) is 7.21. The van der Waals surface area contributed by atoms with Crippen molar-refractivity contribution in [3.05, 3.63) is 58.6 Å². The number of ether oxygens (including phenoxy) is 2. The van der Waals surface area contributed by atoms with Gasteiger partial charge in [-0.1, -0.05) is 23.7 Å². The van der Waals surface area contributed by atoms with Crippen LogP contribution in [0.15, 0.2) is 42.5 Å². The van der Waals surface area contributed by atoms with Crippen LogP contribution in [0, 0.1) is 13.8 Å². The summed E-state index contributed by atoms with van der Waals surface area (Å²) >= 11 is 5.88. The minimum Gasteiger partial charge on any atom is -0.492 e. The highest BCUT2D eigenvalue weighted by Crippen LogP contribution is 2.18. The van der Waals surface area contributed by atoms with E-state index in [1.807, 2.05) is 49.1 Å². The highest BCUT2D eigenvalue weighted by molar-refractivity contribution is 6.30. The lowest BCUT2D eigenvalue weighted by Crippen LogP contribution is -2.38. The number of halogens is 1. The first kappa shape index (κ1) is 21.2. The van der Waals surface area contributed by atoms with Gasteiger partial charge in [-0.2, -0.15) is 0 Å². The van der Waals surface area contributed by atoms with Gasteiger partial charge in [-0.15, -0.1) is 0 Å². The van der Waals surface area contributed by atoms with Crippen LogP contribution in [0.1, 0.15) is 11.1 Å². The lowest BCUT2D eigenvalue weighted by Gasteiger charge is -2.22. The van der Waals surface area contributed by atoms with Gasteiger partial charge in [0.1, 0.15) is 12.4 Å². The van der Waals surface area contributed by atoms with Gasteiger partial charge in [-0.25, -0.2) is 0 Å². The maximum absolute atomic E-state index is 12.5. The molecule has 27 heavy (non-hydrogen) atoms. The number of nitrogens with zero attached hydrogens (tertiary/aromatic N) is 1. The molecule has 1 amide bonds. The van der Waals surface area contributed by atoms with Crippen LogP contribution in [0.3, 0.4) is 0 Å². The quantitative estimate of drug-likeness (QED) is 0.668. The fourth-order valence-corrected chi connectivity index (χ4v) is 2.72. The van der Waals surface area contributed by atoms with Gasteiger partial charge in [0, 0.05) is 30.9 Å². The number of nitrogens with one attached hydrogen (secondary N) is 1. The number of benzene rings is 2. The predicted octanol–water partition coefficient (Wildman–Crippen LogP) is 3.92. The topological polar surface area (TPSA) is 50.8 Å². The van der Waals surface area contributed by atoms with Crippen LogP contribution >= 0.6 is 11.6 Å². The standard InChI is InChI=1S/C21H27ClN2O3/c1-16-5-4-6-20(17(16)2)23-21(25)15-24(11-13-26-3)12-14-27-19-9-7-18(22)8-10-19/h4-10H,11-15H2,1-3H3,(H,23,25). The Morgan fingerprint density at radius 1 is 1.07 bits per heavy atom. The van der Waals surface area contributed by atoms with Gasteiger partial charge in [0.05, 0.1) is 13.2 Å². The van der Waals surface area contributed by atoms with Crippen LogP contribution in [0.25, 0.3) is 0 Å². The minimum absolute atomic E-state index is 0.0497. The normalized spacial score (nSPS) is 10.9. The molecule has 0 saturated heterocycles. The zero-order valence-corrected chi connectivity index (χ0v) is 16.9. The third-order valence-electron chi connectivity index (χ3n) is 4.35. The third-order valence-corrected chi connectivity index (χ3v) is 4.60. The molecule has 0 unspecified atom stereocenters. The summed E-state index contributed by atoms with van der Waals surface area (Å²) in [6.07, 6.45) is 0. The zero-order valence-electron chi connectivity index (χ0n) is 16.1. The number of hydrogen-bond acceptors (Lipinski definition) is 4. The van der Waals surface area contributed by atoms with Gasteiger partial charge in [0.25, 0.3) is 0 Å². The molecule has 0 aliphatic carbocycles. The molecule has 0 bridgehead atoms. The summed E-state index contributed by atoms with van der Waals surface area (Å²) in [6, 6.07) is 13.1. The molecule has 2 rings (SSSR count). The molecule has 0 radical (unpaired) electrons. The Kier molecular flexibility index (Phi) is 8.58. The van der Waals surface area contributed by atoms with E-state index in [0.717, 1.165) is 22.6 Å². The van der Waals surface area contributed by atoms with Gasteiger partial charge in [0.15, 0.2) is 0 Å². The van der Waals surface area contributed by atoms with Crippen molar-refractivity contribution in [3.8, 4) is 5.75 Å². The molecular formula is C21H27ClN2O3. The molecule has 0 aromatic heterocycles. The molecular weight excluding hydrogens is 364 g/mol. The van der Waals surface area contributed by atoms with E-state index in [1.54, 1.807) is 19.2 Å². The predicted molar refractivity (Wildman–Crippen MR) is 110 cm³/mol. The van der Waals surface area contributed by atoms with Crippen molar-refractivity contribution in [2.75, 3.05) is 45.3 Å². The molecule has 0 spiro atoms. The van der Waals surface area contributed by atoms with E-state index >= 15 is 0 Å². The Morgan fingerprint density at radius 3 is 2.48 bits per heavy atom. The summed E-state index contributed by atoms with van der Waals surface area (Å²) in [5, 5.41) is 3.67. The second-order valence-electron chi connectivity index (χ2n) is 6.37. The van der Waals surface area contributed by atoms with E-state index in [-0.39, 0.29) is 12.5 Å². The van der Waals surface area contributed by atoms with Crippen molar-refractivity contribution in [2.45, 2.75) is 13.8 Å². The second-order valence-corrected chi connectivity index (χ2v) is 6.80. The Hall–Kier alpha value is -2.08. The number of carbonyl (C=O) groups is 1. The number of anilines is 1. The van der Waals surface area contributed by atoms with Gasteiger partial charge in [-0.3, -0.25) is 9.69 Å². The summed E-state index contributed by atoms with van der Waals surface area (Å²) in [4.78, 5) is 14.5. The average molecular weight is 391 g/mol. The largest absolute Gasteiger partial charge is 0.492 e. The zero-order chi connectivity index (χ0) is 19.6. The molecule has 0 aliphatic rings. The van der Waals surface area contributed by atoms with Crippen molar-refractivity contribution in [2.24, 2.45) is 0 Å². The van der Waals surface area contributed by atoms with Crippen molar-refractivity contribution in [1.82, 2.24) is 4.90 Å². The number of amides is 1. The van der Waals surface area contributed by atoms with Crippen molar-refractivity contribution >= 4 is 23.2 Å². The Bertz CT molecular complexity index is 735. The molecule has 1 N–H and O–H groups in total. The SMILES string of the molecule is COCCN(CCOc1ccc(Cl)cc1)CC(=O)Nc1cccc(C)c1C. The number of carbonyl (C=O) groups excluding carboxylic acids is 1. The lowest BCUT2D eigenvalue weighted by atomic mass is 10.1. The monoisotopic (exact) mass is 390 g/mol. The fourth-order valence-electron chi connectivity index (χ4n) is 2.59. The Labute approximate surface area is 166 Å². The van der Waals surface area contributed by atoms with E-state index in [9.17, 15) is 4.79 Å². The lowest BCUT2D eigenvalue weighted by molar-refractivity contribution is -0.117. The molecule has 0 atom stereocenters. The molecule has 2 aromatic rings. The van der Waals surface area contributed by atoms with Crippen LogP contribution < -0.4 is 10.1 Å². The summed E-state index contributed by atoms with van der Waals surface area (Å²) in [5.41, 5.74) is 3.09. The first-order valence-corrected chi connectivity index (χ1v) is 9.33. The number of rotatable bonds is 10. The maximum Gasteiger partial charge on any atom is 0.238 e. The van der Waals surface area contributed by atoms with E-state index in [1.165, 1.54) is 0 Å². The molecule has 0 aliphatic heterocycles. The molecule has 6 heteroatoms. The Balaban J connectivity index is 1.87. The molecule has 0 saturated carbocycles. The summed E-state index contributed by atoms with van der Waals surface area (Å²) in [7, 11) is 1.65. The van der Waals surface area contributed by atoms with Gasteiger partial charge in [0.2, 0.25) is 5.91 Å². The first-order chi connectivity index (χ1) is 13.0. The van der Waals surface area contributed by atoms with Gasteiger partial charge >= 0.3 is 0 Å². The van der Waals surface area contributed by atoms with Crippen molar-refractivity contribution in [1.29, 1.82) is 0 Å². The highest BCUT2D eigenvalue weighted by Gasteiger charge is 2.12. The van der Waals surface area contributed by atoms with E-state index in [0.29, 0.717) is 31.3 Å². The van der Waals surface area contributed by atoms with Crippen LogP contribution in [-0.2, 0) is 9.53 Å². The molecule has 0 fully saturated rings. The minimum atomic E-state index is -0.0497. The highest BCUT2D eigenvalue weighted by atomic mass is 35.5. The van der Waals surface area contributed by atoms with E-state index in [4.69, 9.17) is 21.1 Å². The smallest absolute Gasteiger partial charge is 0.238 e. The summed E-state index contributed by atoms with van der Waals surface area (Å²) < 4.78 is 10.9. The molecule has 146 valence electrons. The van der Waals surface area contributed by atoms with Crippen LogP contribution in [0.2, 0.25) is 5.02 Å². The van der Waals surface area contributed by atoms with Crippen molar-refractivity contribution < 1.29 is 14.3 Å². The van der Waals surface area contributed by atoms with E-state index < -0.39 is 0 Å². The maximum atomic E-state index is 12.5. The summed E-state index contributed by atoms with van der Waals surface area (Å²) in [6.45, 7) is 6.62.